The van der Waals surface area contributed by atoms with Crippen LogP contribution in [0.25, 0.3) is 0 Å². The molecule has 1 saturated heterocycles. The highest BCUT2D eigenvalue weighted by Gasteiger charge is 2.44. The van der Waals surface area contributed by atoms with Crippen LogP contribution in [0.5, 0.6) is 0 Å². The molecule has 2 aliphatic rings. The standard InChI is InChI=1S/C19H27NO3S/c1-4-18(2,9-13-22-3)17(21)20-10-7-19(8-11-20)16-15(5-12-23-19)6-14-24-16/h4,6,14H,1,5,7-13H2,2-3H3. The van der Waals surface area contributed by atoms with Crippen molar-refractivity contribution in [2.75, 3.05) is 33.4 Å². The number of hydrogen-bond acceptors (Lipinski definition) is 4. The number of rotatable bonds is 5. The molecule has 3 heterocycles. The highest BCUT2D eigenvalue weighted by atomic mass is 32.1. The molecule has 1 fully saturated rings. The average Bonchev–Trinajstić information content (AvgIpc) is 3.10. The fourth-order valence-corrected chi connectivity index (χ4v) is 4.94. The van der Waals surface area contributed by atoms with Gasteiger partial charge in [-0.2, -0.15) is 0 Å². The van der Waals surface area contributed by atoms with E-state index in [1.165, 1.54) is 10.4 Å². The molecule has 3 rings (SSSR count). The predicted molar refractivity (Wildman–Crippen MR) is 96.3 cm³/mol. The highest BCUT2D eigenvalue weighted by Crippen LogP contribution is 2.44. The Labute approximate surface area is 148 Å². The van der Waals surface area contributed by atoms with E-state index in [0.717, 1.165) is 39.0 Å². The molecule has 1 aromatic heterocycles. The molecular formula is C19H27NO3S. The van der Waals surface area contributed by atoms with E-state index < -0.39 is 5.41 Å². The van der Waals surface area contributed by atoms with Crippen molar-refractivity contribution in [2.24, 2.45) is 5.41 Å². The lowest BCUT2D eigenvalue weighted by Crippen LogP contribution is -2.51. The minimum Gasteiger partial charge on any atom is -0.385 e. The quantitative estimate of drug-likeness (QED) is 0.765. The average molecular weight is 349 g/mol. The van der Waals surface area contributed by atoms with Crippen LogP contribution >= 0.6 is 11.3 Å². The fraction of sp³-hybridized carbons (Fsp3) is 0.632. The molecule has 0 saturated carbocycles. The number of amides is 1. The third-order valence-corrected chi connectivity index (χ3v) is 6.68. The van der Waals surface area contributed by atoms with Gasteiger partial charge in [-0.25, -0.2) is 0 Å². The summed E-state index contributed by atoms with van der Waals surface area (Å²) < 4.78 is 11.4. The van der Waals surface area contributed by atoms with Crippen LogP contribution in [-0.4, -0.2) is 44.2 Å². The highest BCUT2D eigenvalue weighted by molar-refractivity contribution is 7.10. The van der Waals surface area contributed by atoms with E-state index in [1.54, 1.807) is 24.5 Å². The van der Waals surface area contributed by atoms with Crippen LogP contribution in [0.1, 0.15) is 36.6 Å². The molecule has 0 aliphatic carbocycles. The van der Waals surface area contributed by atoms with Gasteiger partial charge in [0.25, 0.3) is 0 Å². The maximum absolute atomic E-state index is 13.0. The summed E-state index contributed by atoms with van der Waals surface area (Å²) in [6.07, 6.45) is 5.20. The Morgan fingerprint density at radius 3 is 2.96 bits per heavy atom. The van der Waals surface area contributed by atoms with Crippen molar-refractivity contribution in [3.8, 4) is 0 Å². The van der Waals surface area contributed by atoms with Gasteiger partial charge in [0.1, 0.15) is 5.60 Å². The summed E-state index contributed by atoms with van der Waals surface area (Å²) in [5, 5.41) is 2.16. The lowest BCUT2D eigenvalue weighted by molar-refractivity contribution is -0.148. The molecule has 1 amide bonds. The molecular weight excluding hydrogens is 322 g/mol. The van der Waals surface area contributed by atoms with E-state index >= 15 is 0 Å². The van der Waals surface area contributed by atoms with E-state index in [9.17, 15) is 4.79 Å². The van der Waals surface area contributed by atoms with Gasteiger partial charge in [-0.3, -0.25) is 4.79 Å². The van der Waals surface area contributed by atoms with Crippen LogP contribution in [0.15, 0.2) is 24.1 Å². The minimum atomic E-state index is -0.554. The molecule has 5 heteroatoms. The maximum Gasteiger partial charge on any atom is 0.232 e. The lowest BCUT2D eigenvalue weighted by atomic mass is 9.82. The summed E-state index contributed by atoms with van der Waals surface area (Å²) in [6, 6.07) is 2.22. The number of thiophene rings is 1. The van der Waals surface area contributed by atoms with Crippen LogP contribution in [0.2, 0.25) is 0 Å². The molecule has 1 spiro atoms. The first kappa shape index (κ1) is 17.6. The number of nitrogens with zero attached hydrogens (tertiary/aromatic N) is 1. The summed E-state index contributed by atoms with van der Waals surface area (Å²) in [5.41, 5.74) is 0.708. The van der Waals surface area contributed by atoms with Crippen LogP contribution in [0.3, 0.4) is 0 Å². The molecule has 132 valence electrons. The monoisotopic (exact) mass is 349 g/mol. The van der Waals surface area contributed by atoms with Crippen LogP contribution in [0, 0.1) is 5.41 Å². The second-order valence-corrected chi connectivity index (χ2v) is 7.94. The Morgan fingerprint density at radius 2 is 2.29 bits per heavy atom. The van der Waals surface area contributed by atoms with E-state index in [2.05, 4.69) is 18.0 Å². The maximum atomic E-state index is 13.0. The number of carbonyl (C=O) groups excluding carboxylic acids is 1. The second-order valence-electron chi connectivity index (χ2n) is 7.02. The number of ether oxygens (including phenoxy) is 2. The Morgan fingerprint density at radius 1 is 1.54 bits per heavy atom. The normalized spacial score (nSPS) is 22.0. The molecule has 2 aliphatic heterocycles. The molecule has 1 unspecified atom stereocenters. The zero-order valence-corrected chi connectivity index (χ0v) is 15.5. The third kappa shape index (κ3) is 3.05. The first-order valence-corrected chi connectivity index (χ1v) is 9.55. The van der Waals surface area contributed by atoms with Gasteiger partial charge < -0.3 is 14.4 Å². The topological polar surface area (TPSA) is 38.8 Å². The summed E-state index contributed by atoms with van der Waals surface area (Å²) in [6.45, 7) is 8.68. The van der Waals surface area contributed by atoms with Gasteiger partial charge in [0, 0.05) is 31.7 Å². The van der Waals surface area contributed by atoms with Gasteiger partial charge in [-0.1, -0.05) is 6.08 Å². The van der Waals surface area contributed by atoms with Gasteiger partial charge in [-0.05, 0) is 49.6 Å². The van der Waals surface area contributed by atoms with Crippen molar-refractivity contribution >= 4 is 17.2 Å². The van der Waals surface area contributed by atoms with Crippen molar-refractivity contribution < 1.29 is 14.3 Å². The second kappa shape index (κ2) is 6.98. The Hall–Kier alpha value is -1.17. The first-order chi connectivity index (χ1) is 11.5. The minimum absolute atomic E-state index is 0.159. The number of piperidine rings is 1. The molecule has 0 radical (unpaired) electrons. The molecule has 0 bridgehead atoms. The van der Waals surface area contributed by atoms with E-state index in [-0.39, 0.29) is 11.5 Å². The van der Waals surface area contributed by atoms with E-state index in [4.69, 9.17) is 9.47 Å². The van der Waals surface area contributed by atoms with Gasteiger partial charge in [0.2, 0.25) is 5.91 Å². The number of methoxy groups -OCH3 is 1. The van der Waals surface area contributed by atoms with Crippen molar-refractivity contribution in [3.63, 3.8) is 0 Å². The summed E-state index contributed by atoms with van der Waals surface area (Å²) in [7, 11) is 1.66. The summed E-state index contributed by atoms with van der Waals surface area (Å²) >= 11 is 1.80. The Kier molecular flexibility index (Phi) is 5.13. The molecule has 1 atom stereocenters. The predicted octanol–water partition coefficient (Wildman–Crippen LogP) is 3.37. The zero-order valence-electron chi connectivity index (χ0n) is 14.7. The summed E-state index contributed by atoms with van der Waals surface area (Å²) in [5.74, 6) is 0.159. The van der Waals surface area contributed by atoms with Crippen molar-refractivity contribution in [2.45, 2.75) is 38.2 Å². The van der Waals surface area contributed by atoms with E-state index in [1.807, 2.05) is 11.8 Å². The fourth-order valence-electron chi connectivity index (χ4n) is 3.77. The summed E-state index contributed by atoms with van der Waals surface area (Å²) in [4.78, 5) is 16.3. The van der Waals surface area contributed by atoms with Gasteiger partial charge >= 0.3 is 0 Å². The molecule has 1 aromatic rings. The smallest absolute Gasteiger partial charge is 0.232 e. The van der Waals surface area contributed by atoms with Crippen LogP contribution in [-0.2, 0) is 26.3 Å². The number of carbonyl (C=O) groups is 1. The van der Waals surface area contributed by atoms with Crippen molar-refractivity contribution in [3.05, 3.63) is 34.5 Å². The first-order valence-electron chi connectivity index (χ1n) is 8.67. The van der Waals surface area contributed by atoms with Crippen LogP contribution in [0.4, 0.5) is 0 Å². The van der Waals surface area contributed by atoms with E-state index in [0.29, 0.717) is 13.0 Å². The number of hydrogen-bond donors (Lipinski definition) is 0. The van der Waals surface area contributed by atoms with Crippen LogP contribution < -0.4 is 0 Å². The molecule has 4 nitrogen and oxygen atoms in total. The number of likely N-dealkylation sites (tertiary alicyclic amines) is 1. The van der Waals surface area contributed by atoms with Crippen molar-refractivity contribution in [1.29, 1.82) is 0 Å². The van der Waals surface area contributed by atoms with Crippen molar-refractivity contribution in [1.82, 2.24) is 4.90 Å². The van der Waals surface area contributed by atoms with Gasteiger partial charge in [0.15, 0.2) is 0 Å². The molecule has 0 N–H and O–H groups in total. The van der Waals surface area contributed by atoms with Gasteiger partial charge in [-0.15, -0.1) is 17.9 Å². The zero-order chi connectivity index (χ0) is 17.2. The Balaban J connectivity index is 1.69. The Bertz CT molecular complexity index is 604. The third-order valence-electron chi connectivity index (χ3n) is 5.53. The largest absolute Gasteiger partial charge is 0.385 e. The number of fused-ring (bicyclic) bond motifs is 2. The SMILES string of the molecule is C=CC(C)(CCOC)C(=O)N1CCC2(CC1)OCCc1ccsc12. The lowest BCUT2D eigenvalue weighted by Gasteiger charge is -2.45. The molecule has 0 aromatic carbocycles. The molecule has 24 heavy (non-hydrogen) atoms. The van der Waals surface area contributed by atoms with Gasteiger partial charge in [0.05, 0.1) is 12.0 Å².